The first kappa shape index (κ1) is 16.8. The Balaban J connectivity index is 1.56. The third-order valence-corrected chi connectivity index (χ3v) is 5.62. The molecule has 7 heteroatoms. The second-order valence-electron chi connectivity index (χ2n) is 5.82. The van der Waals surface area contributed by atoms with E-state index in [-0.39, 0.29) is 18.0 Å². The number of nitrogens with zero attached hydrogens (tertiary/aromatic N) is 2. The molecule has 0 aliphatic rings. The van der Waals surface area contributed by atoms with Crippen LogP contribution in [0.4, 0.5) is 0 Å². The van der Waals surface area contributed by atoms with Crippen LogP contribution in [0.2, 0.25) is 5.02 Å². The van der Waals surface area contributed by atoms with E-state index in [1.165, 1.54) is 22.2 Å². The first-order valence-corrected chi connectivity index (χ1v) is 9.20. The number of rotatable bonds is 4. The highest BCUT2D eigenvalue weighted by Crippen LogP contribution is 2.29. The van der Waals surface area contributed by atoms with E-state index in [1.54, 1.807) is 6.07 Å². The van der Waals surface area contributed by atoms with Gasteiger partial charge in [-0.1, -0.05) is 48.0 Å². The van der Waals surface area contributed by atoms with Gasteiger partial charge in [0, 0.05) is 21.7 Å². The minimum atomic E-state index is -0.269. The molecule has 0 bridgehead atoms. The molecular formula is C19H14ClN3O2S. The van der Waals surface area contributed by atoms with E-state index in [4.69, 9.17) is 11.6 Å². The summed E-state index contributed by atoms with van der Waals surface area (Å²) in [6, 6.07) is 15.1. The van der Waals surface area contributed by atoms with Crippen molar-refractivity contribution in [3.63, 3.8) is 0 Å². The van der Waals surface area contributed by atoms with Crippen molar-refractivity contribution >= 4 is 49.1 Å². The number of halogens is 1. The number of thiophene rings is 1. The molecule has 0 radical (unpaired) electrons. The van der Waals surface area contributed by atoms with Crippen LogP contribution in [0.3, 0.4) is 0 Å². The Morgan fingerprint density at radius 3 is 2.77 bits per heavy atom. The average molecular weight is 384 g/mol. The van der Waals surface area contributed by atoms with E-state index >= 15 is 0 Å². The Kier molecular flexibility index (Phi) is 4.44. The van der Waals surface area contributed by atoms with Gasteiger partial charge in [-0.25, -0.2) is 4.98 Å². The molecule has 2 heterocycles. The molecule has 1 amide bonds. The van der Waals surface area contributed by atoms with Gasteiger partial charge >= 0.3 is 0 Å². The van der Waals surface area contributed by atoms with Crippen LogP contribution in [0, 0.1) is 0 Å². The minimum Gasteiger partial charge on any atom is -0.350 e. The summed E-state index contributed by atoms with van der Waals surface area (Å²) in [6.07, 6.45) is 1.43. The van der Waals surface area contributed by atoms with Crippen LogP contribution in [-0.4, -0.2) is 15.5 Å². The van der Waals surface area contributed by atoms with Crippen molar-refractivity contribution in [1.82, 2.24) is 14.9 Å². The van der Waals surface area contributed by atoms with Gasteiger partial charge < -0.3 is 5.32 Å². The first-order chi connectivity index (χ1) is 12.6. The highest BCUT2D eigenvalue weighted by atomic mass is 35.5. The number of hydrogen-bond acceptors (Lipinski definition) is 4. The van der Waals surface area contributed by atoms with Gasteiger partial charge in [0.05, 0.1) is 11.8 Å². The zero-order valence-electron chi connectivity index (χ0n) is 13.6. The SMILES string of the molecule is O=C(Cn1cnc2c(sc3ccccc32)c1=O)NCc1ccccc1Cl. The lowest BCUT2D eigenvalue weighted by atomic mass is 10.2. The molecule has 0 aliphatic carbocycles. The topological polar surface area (TPSA) is 64.0 Å². The molecule has 2 aromatic carbocycles. The van der Waals surface area contributed by atoms with Crippen LogP contribution in [-0.2, 0) is 17.9 Å². The third kappa shape index (κ3) is 3.09. The predicted octanol–water partition coefficient (Wildman–Crippen LogP) is 3.58. The van der Waals surface area contributed by atoms with Crippen molar-refractivity contribution in [2.24, 2.45) is 0 Å². The number of carbonyl (C=O) groups is 1. The molecule has 5 nitrogen and oxygen atoms in total. The first-order valence-electron chi connectivity index (χ1n) is 8.00. The molecule has 4 rings (SSSR count). The number of nitrogens with one attached hydrogen (secondary N) is 1. The van der Waals surface area contributed by atoms with Crippen LogP contribution >= 0.6 is 22.9 Å². The maximum atomic E-state index is 12.7. The van der Waals surface area contributed by atoms with Gasteiger partial charge in [0.2, 0.25) is 5.91 Å². The molecule has 0 fully saturated rings. The highest BCUT2D eigenvalue weighted by Gasteiger charge is 2.13. The van der Waals surface area contributed by atoms with E-state index in [0.717, 1.165) is 15.6 Å². The number of carbonyl (C=O) groups excluding carboxylic acids is 1. The Labute approximate surface area is 157 Å². The van der Waals surface area contributed by atoms with Crippen LogP contribution in [0.1, 0.15) is 5.56 Å². The number of fused-ring (bicyclic) bond motifs is 3. The Bertz CT molecular complexity index is 1180. The highest BCUT2D eigenvalue weighted by molar-refractivity contribution is 7.25. The van der Waals surface area contributed by atoms with Crippen molar-refractivity contribution in [1.29, 1.82) is 0 Å². The quantitative estimate of drug-likeness (QED) is 0.585. The summed E-state index contributed by atoms with van der Waals surface area (Å²) < 4.78 is 2.90. The summed E-state index contributed by atoms with van der Waals surface area (Å²) in [5.74, 6) is -0.269. The molecule has 4 aromatic rings. The van der Waals surface area contributed by atoms with E-state index in [2.05, 4.69) is 10.3 Å². The van der Waals surface area contributed by atoms with E-state index in [9.17, 15) is 9.59 Å². The van der Waals surface area contributed by atoms with E-state index in [1.807, 2.05) is 42.5 Å². The Morgan fingerprint density at radius 2 is 1.92 bits per heavy atom. The summed E-state index contributed by atoms with van der Waals surface area (Å²) in [4.78, 5) is 29.3. The van der Waals surface area contributed by atoms with Gasteiger partial charge in [0.15, 0.2) is 0 Å². The third-order valence-electron chi connectivity index (χ3n) is 4.10. The van der Waals surface area contributed by atoms with Crippen molar-refractivity contribution in [3.05, 3.63) is 75.8 Å². The number of amides is 1. The van der Waals surface area contributed by atoms with E-state index < -0.39 is 0 Å². The summed E-state index contributed by atoms with van der Waals surface area (Å²) in [7, 11) is 0. The molecule has 0 unspecified atom stereocenters. The Morgan fingerprint density at radius 1 is 1.15 bits per heavy atom. The molecule has 2 aromatic heterocycles. The molecule has 0 spiro atoms. The number of hydrogen-bond donors (Lipinski definition) is 1. The van der Waals surface area contributed by atoms with Gasteiger partial charge in [0.1, 0.15) is 11.2 Å². The maximum absolute atomic E-state index is 12.7. The van der Waals surface area contributed by atoms with Gasteiger partial charge in [-0.15, -0.1) is 11.3 Å². The van der Waals surface area contributed by atoms with E-state index in [0.29, 0.717) is 21.8 Å². The van der Waals surface area contributed by atoms with Crippen molar-refractivity contribution < 1.29 is 4.79 Å². The summed E-state index contributed by atoms with van der Waals surface area (Å²) in [6.45, 7) is 0.228. The lowest BCUT2D eigenvalue weighted by Crippen LogP contribution is -2.32. The molecule has 0 aliphatic heterocycles. The number of aromatic nitrogens is 2. The molecule has 130 valence electrons. The van der Waals surface area contributed by atoms with Gasteiger partial charge in [-0.2, -0.15) is 0 Å². The second-order valence-corrected chi connectivity index (χ2v) is 7.28. The molecule has 0 atom stereocenters. The minimum absolute atomic E-state index is 0.0829. The summed E-state index contributed by atoms with van der Waals surface area (Å²) >= 11 is 7.48. The predicted molar refractivity (Wildman–Crippen MR) is 105 cm³/mol. The van der Waals surface area contributed by atoms with Crippen molar-refractivity contribution in [3.8, 4) is 0 Å². The molecule has 26 heavy (non-hydrogen) atoms. The van der Waals surface area contributed by atoms with Crippen LogP contribution in [0.5, 0.6) is 0 Å². The fourth-order valence-corrected chi connectivity index (χ4v) is 4.08. The van der Waals surface area contributed by atoms with Gasteiger partial charge in [-0.3, -0.25) is 14.2 Å². The van der Waals surface area contributed by atoms with Gasteiger partial charge in [-0.05, 0) is 17.7 Å². The fraction of sp³-hybridized carbons (Fsp3) is 0.105. The lowest BCUT2D eigenvalue weighted by molar-refractivity contribution is -0.121. The fourth-order valence-electron chi connectivity index (χ4n) is 2.77. The number of benzene rings is 2. The lowest BCUT2D eigenvalue weighted by Gasteiger charge is -2.08. The molecular weight excluding hydrogens is 370 g/mol. The maximum Gasteiger partial charge on any atom is 0.271 e. The monoisotopic (exact) mass is 383 g/mol. The molecule has 0 saturated carbocycles. The van der Waals surface area contributed by atoms with Gasteiger partial charge in [0.25, 0.3) is 5.56 Å². The molecule has 1 N–H and O–H groups in total. The largest absolute Gasteiger partial charge is 0.350 e. The second kappa shape index (κ2) is 6.90. The van der Waals surface area contributed by atoms with Crippen LogP contribution in [0.25, 0.3) is 20.3 Å². The average Bonchev–Trinajstić information content (AvgIpc) is 3.03. The summed E-state index contributed by atoms with van der Waals surface area (Å²) in [5, 5.41) is 4.34. The molecule has 0 saturated heterocycles. The smallest absolute Gasteiger partial charge is 0.271 e. The summed E-state index contributed by atoms with van der Waals surface area (Å²) in [5.41, 5.74) is 1.31. The Hall–Kier alpha value is -2.70. The van der Waals surface area contributed by atoms with Crippen molar-refractivity contribution in [2.75, 3.05) is 0 Å². The normalized spacial score (nSPS) is 11.1. The zero-order chi connectivity index (χ0) is 18.1. The van der Waals surface area contributed by atoms with Crippen molar-refractivity contribution in [2.45, 2.75) is 13.1 Å². The zero-order valence-corrected chi connectivity index (χ0v) is 15.2. The van der Waals surface area contributed by atoms with Crippen LogP contribution in [0.15, 0.2) is 59.7 Å². The standard InChI is InChI=1S/C19H14ClN3O2S/c20-14-7-3-1-5-12(14)9-21-16(24)10-23-11-22-17-13-6-2-4-8-15(13)26-18(17)19(23)25/h1-8,11H,9-10H2,(H,21,24). The van der Waals surface area contributed by atoms with Crippen LogP contribution < -0.4 is 10.9 Å².